The molecule has 1 amide bonds. The summed E-state index contributed by atoms with van der Waals surface area (Å²) in [6, 6.07) is 23.1. The number of rotatable bonds is 8. The van der Waals surface area contributed by atoms with Crippen molar-refractivity contribution in [2.24, 2.45) is 0 Å². The van der Waals surface area contributed by atoms with Crippen LogP contribution in [0.15, 0.2) is 72.8 Å². The Morgan fingerprint density at radius 1 is 0.969 bits per heavy atom. The molecule has 0 heterocycles. The number of amides is 1. The van der Waals surface area contributed by atoms with Gasteiger partial charge in [0, 0.05) is 30.0 Å². The molecule has 6 heteroatoms. The van der Waals surface area contributed by atoms with Gasteiger partial charge in [-0.3, -0.25) is 10.1 Å². The lowest BCUT2D eigenvalue weighted by Gasteiger charge is -2.22. The number of nitrogens with zero attached hydrogens (tertiary/aromatic N) is 1. The van der Waals surface area contributed by atoms with Gasteiger partial charge in [-0.05, 0) is 86.6 Å². The molecule has 2 N–H and O–H groups in total. The van der Waals surface area contributed by atoms with Gasteiger partial charge in [0.2, 0.25) is 0 Å². The Morgan fingerprint density at radius 3 is 2.28 bits per heavy atom. The van der Waals surface area contributed by atoms with Crippen LogP contribution in [0.5, 0.6) is 5.75 Å². The number of carbonyl (C=O) groups excluding carboxylic acids is 1. The highest BCUT2D eigenvalue weighted by atomic mass is 32.1. The van der Waals surface area contributed by atoms with Crippen molar-refractivity contribution in [1.82, 2.24) is 5.32 Å². The molecule has 0 unspecified atom stereocenters. The molecule has 166 valence electrons. The third-order valence-corrected chi connectivity index (χ3v) is 5.38. The van der Waals surface area contributed by atoms with Crippen molar-refractivity contribution < 1.29 is 9.53 Å². The molecule has 0 aliphatic carbocycles. The number of hydrogen-bond donors (Lipinski definition) is 2. The third-order valence-electron chi connectivity index (χ3n) is 5.18. The number of hydrogen-bond acceptors (Lipinski definition) is 4. The van der Waals surface area contributed by atoms with Gasteiger partial charge >= 0.3 is 0 Å². The first-order valence-electron chi connectivity index (χ1n) is 10.7. The molecule has 0 aromatic heterocycles. The summed E-state index contributed by atoms with van der Waals surface area (Å²) in [6.07, 6.45) is 0. The summed E-state index contributed by atoms with van der Waals surface area (Å²) in [6.45, 7) is 8.68. The summed E-state index contributed by atoms with van der Waals surface area (Å²) in [5.74, 6) is 0.435. The van der Waals surface area contributed by atoms with Gasteiger partial charge in [-0.15, -0.1) is 0 Å². The average molecular weight is 448 g/mol. The first-order chi connectivity index (χ1) is 15.5. The van der Waals surface area contributed by atoms with Gasteiger partial charge in [0.1, 0.15) is 12.4 Å². The fourth-order valence-corrected chi connectivity index (χ4v) is 3.55. The van der Waals surface area contributed by atoms with Crippen LogP contribution in [0.3, 0.4) is 0 Å². The topological polar surface area (TPSA) is 53.6 Å². The second-order valence-electron chi connectivity index (χ2n) is 7.38. The maximum absolute atomic E-state index is 12.6. The molecular weight excluding hydrogens is 418 g/mol. The van der Waals surface area contributed by atoms with E-state index in [0.29, 0.717) is 17.9 Å². The number of thiocarbonyl (C=S) groups is 1. The van der Waals surface area contributed by atoms with E-state index < -0.39 is 0 Å². The van der Waals surface area contributed by atoms with Crippen LogP contribution in [-0.4, -0.2) is 24.1 Å². The van der Waals surface area contributed by atoms with Gasteiger partial charge in [-0.2, -0.15) is 0 Å². The van der Waals surface area contributed by atoms with Crippen molar-refractivity contribution in [3.8, 4) is 5.75 Å². The van der Waals surface area contributed by atoms with E-state index in [4.69, 9.17) is 17.0 Å². The normalized spacial score (nSPS) is 10.3. The fourth-order valence-electron chi connectivity index (χ4n) is 3.35. The van der Waals surface area contributed by atoms with Crippen LogP contribution in [0, 0.1) is 6.92 Å². The minimum Gasteiger partial charge on any atom is -0.489 e. The van der Waals surface area contributed by atoms with Crippen molar-refractivity contribution in [1.29, 1.82) is 0 Å². The molecule has 0 radical (unpaired) electrons. The maximum Gasteiger partial charge on any atom is 0.257 e. The molecule has 0 saturated heterocycles. The summed E-state index contributed by atoms with van der Waals surface area (Å²) in [4.78, 5) is 14.8. The predicted octanol–water partition coefficient (Wildman–Crippen LogP) is 5.55. The standard InChI is InChI=1S/C26H29N3O2S/c1-4-29(5-2)22-13-16-24(19(3)17-22)27-26(32)28-25(30)21-11-14-23(15-12-21)31-18-20-9-7-6-8-10-20/h6-17H,4-5,18H2,1-3H3,(H2,27,28,30,32). The second-order valence-corrected chi connectivity index (χ2v) is 7.79. The number of anilines is 2. The SMILES string of the molecule is CCN(CC)c1ccc(NC(=S)NC(=O)c2ccc(OCc3ccccc3)cc2)c(C)c1. The molecule has 32 heavy (non-hydrogen) atoms. The Kier molecular flexibility index (Phi) is 8.22. The summed E-state index contributed by atoms with van der Waals surface area (Å²) >= 11 is 5.35. The highest BCUT2D eigenvalue weighted by molar-refractivity contribution is 7.80. The summed E-state index contributed by atoms with van der Waals surface area (Å²) in [5, 5.41) is 6.12. The Balaban J connectivity index is 1.54. The predicted molar refractivity (Wildman–Crippen MR) is 136 cm³/mol. The van der Waals surface area contributed by atoms with Crippen molar-refractivity contribution in [3.63, 3.8) is 0 Å². The number of carbonyl (C=O) groups is 1. The van der Waals surface area contributed by atoms with E-state index >= 15 is 0 Å². The largest absolute Gasteiger partial charge is 0.489 e. The van der Waals surface area contributed by atoms with E-state index in [0.717, 1.165) is 29.9 Å². The molecule has 3 aromatic carbocycles. The van der Waals surface area contributed by atoms with Gasteiger partial charge in [-0.1, -0.05) is 30.3 Å². The minimum absolute atomic E-state index is 0.262. The summed E-state index contributed by atoms with van der Waals surface area (Å²) in [5.41, 5.74) is 4.70. The molecule has 0 spiro atoms. The van der Waals surface area contributed by atoms with Crippen LogP contribution in [0.2, 0.25) is 0 Å². The lowest BCUT2D eigenvalue weighted by atomic mass is 10.1. The van der Waals surface area contributed by atoms with Crippen molar-refractivity contribution in [2.45, 2.75) is 27.4 Å². The van der Waals surface area contributed by atoms with Crippen LogP contribution >= 0.6 is 12.2 Å². The van der Waals surface area contributed by atoms with Crippen LogP contribution in [-0.2, 0) is 6.61 Å². The zero-order valence-corrected chi connectivity index (χ0v) is 19.5. The number of nitrogens with one attached hydrogen (secondary N) is 2. The quantitative estimate of drug-likeness (QED) is 0.444. The molecule has 0 saturated carbocycles. The lowest BCUT2D eigenvalue weighted by Crippen LogP contribution is -2.34. The van der Waals surface area contributed by atoms with E-state index in [-0.39, 0.29) is 11.0 Å². The molecular formula is C26H29N3O2S. The number of aryl methyl sites for hydroxylation is 1. The fraction of sp³-hybridized carbons (Fsp3) is 0.231. The highest BCUT2D eigenvalue weighted by Gasteiger charge is 2.10. The van der Waals surface area contributed by atoms with E-state index in [1.807, 2.05) is 43.3 Å². The van der Waals surface area contributed by atoms with Crippen molar-refractivity contribution in [2.75, 3.05) is 23.3 Å². The molecule has 3 rings (SSSR count). The minimum atomic E-state index is -0.269. The Hall–Kier alpha value is -3.38. The highest BCUT2D eigenvalue weighted by Crippen LogP contribution is 2.22. The van der Waals surface area contributed by atoms with Crippen molar-refractivity contribution in [3.05, 3.63) is 89.5 Å². The zero-order valence-electron chi connectivity index (χ0n) is 18.7. The average Bonchev–Trinajstić information content (AvgIpc) is 2.81. The molecule has 0 aliphatic rings. The second kappa shape index (κ2) is 11.3. The Morgan fingerprint density at radius 2 is 1.66 bits per heavy atom. The molecule has 3 aromatic rings. The Bertz CT molecular complexity index is 1050. The zero-order chi connectivity index (χ0) is 22.9. The molecule has 0 bridgehead atoms. The van der Waals surface area contributed by atoms with Crippen LogP contribution in [0.1, 0.15) is 35.3 Å². The Labute approximate surface area is 195 Å². The lowest BCUT2D eigenvalue weighted by molar-refractivity contribution is 0.0977. The van der Waals surface area contributed by atoms with E-state index in [1.165, 1.54) is 5.69 Å². The van der Waals surface area contributed by atoms with E-state index in [1.54, 1.807) is 24.3 Å². The van der Waals surface area contributed by atoms with Gasteiger partial charge < -0.3 is 15.0 Å². The van der Waals surface area contributed by atoms with Crippen LogP contribution < -0.4 is 20.3 Å². The number of benzene rings is 3. The first kappa shape index (κ1) is 23.3. The monoisotopic (exact) mass is 447 g/mol. The van der Waals surface area contributed by atoms with E-state index in [2.05, 4.69) is 41.5 Å². The van der Waals surface area contributed by atoms with Gasteiger partial charge in [0.25, 0.3) is 5.91 Å². The summed E-state index contributed by atoms with van der Waals surface area (Å²) < 4.78 is 5.77. The maximum atomic E-state index is 12.6. The first-order valence-corrected chi connectivity index (χ1v) is 11.2. The number of ether oxygens (including phenoxy) is 1. The smallest absolute Gasteiger partial charge is 0.257 e. The van der Waals surface area contributed by atoms with Gasteiger partial charge in [0.05, 0.1) is 0 Å². The van der Waals surface area contributed by atoms with Crippen LogP contribution in [0.4, 0.5) is 11.4 Å². The van der Waals surface area contributed by atoms with Gasteiger partial charge in [0.15, 0.2) is 5.11 Å². The molecule has 0 fully saturated rings. The molecule has 5 nitrogen and oxygen atoms in total. The molecule has 0 aliphatic heterocycles. The van der Waals surface area contributed by atoms with Crippen LogP contribution in [0.25, 0.3) is 0 Å². The van der Waals surface area contributed by atoms with Gasteiger partial charge in [-0.25, -0.2) is 0 Å². The van der Waals surface area contributed by atoms with E-state index in [9.17, 15) is 4.79 Å². The van der Waals surface area contributed by atoms with Crippen molar-refractivity contribution >= 4 is 34.6 Å². The summed E-state index contributed by atoms with van der Waals surface area (Å²) in [7, 11) is 0. The molecule has 0 atom stereocenters. The third kappa shape index (κ3) is 6.31.